The molecule has 4 N–H and O–H groups in total. The predicted octanol–water partition coefficient (Wildman–Crippen LogP) is 0.102. The molecule has 1 rings (SSSR count). The maximum Gasteiger partial charge on any atom is 0.260 e. The minimum absolute atomic E-state index is 0.00477. The Balaban J connectivity index is 2.76. The third-order valence-corrected chi connectivity index (χ3v) is 1.64. The lowest BCUT2D eigenvalue weighted by Gasteiger charge is -2.08. The van der Waals surface area contributed by atoms with Crippen LogP contribution in [-0.4, -0.2) is 16.2 Å². The van der Waals surface area contributed by atoms with E-state index in [2.05, 4.69) is 10.1 Å². The molecule has 1 heterocycles. The van der Waals surface area contributed by atoms with Crippen LogP contribution in [0.15, 0.2) is 4.52 Å². The number of nitrogen functional groups attached to an aromatic ring is 1. The number of nitrogens with two attached hydrogens (primary N) is 2. The van der Waals surface area contributed by atoms with Gasteiger partial charge in [0.05, 0.1) is 5.92 Å². The van der Waals surface area contributed by atoms with Gasteiger partial charge < -0.3 is 16.0 Å². The summed E-state index contributed by atoms with van der Waals surface area (Å²) in [5.41, 5.74) is 10.9. The van der Waals surface area contributed by atoms with Crippen molar-refractivity contribution < 1.29 is 4.52 Å². The van der Waals surface area contributed by atoms with Crippen molar-refractivity contribution in [1.82, 2.24) is 10.1 Å². The summed E-state index contributed by atoms with van der Waals surface area (Å²) in [4.78, 5) is 3.85. The molecule has 0 aliphatic carbocycles. The summed E-state index contributed by atoms with van der Waals surface area (Å²) in [6, 6.07) is -0.00477. The molecule has 5 nitrogen and oxygen atoms in total. The second-order valence-electron chi connectivity index (χ2n) is 2.64. The van der Waals surface area contributed by atoms with Gasteiger partial charge in [0.15, 0.2) is 0 Å². The largest absolute Gasteiger partial charge is 0.365 e. The van der Waals surface area contributed by atoms with E-state index in [-0.39, 0.29) is 17.9 Å². The Labute approximate surface area is 64.8 Å². The van der Waals surface area contributed by atoms with E-state index in [0.29, 0.717) is 5.89 Å². The minimum atomic E-state index is -0.00477. The van der Waals surface area contributed by atoms with Gasteiger partial charge in [-0.2, -0.15) is 4.98 Å². The smallest absolute Gasteiger partial charge is 0.260 e. The maximum absolute atomic E-state index is 5.61. The second kappa shape index (κ2) is 2.87. The Morgan fingerprint density at radius 3 is 2.45 bits per heavy atom. The first-order valence-electron chi connectivity index (χ1n) is 3.46. The first-order valence-corrected chi connectivity index (χ1v) is 3.46. The molecule has 0 radical (unpaired) electrons. The number of hydrogen-bond acceptors (Lipinski definition) is 5. The van der Waals surface area contributed by atoms with Crippen molar-refractivity contribution in [2.24, 2.45) is 5.73 Å². The lowest BCUT2D eigenvalue weighted by atomic mass is 10.1. The number of anilines is 1. The van der Waals surface area contributed by atoms with E-state index in [9.17, 15) is 0 Å². The average molecular weight is 156 g/mol. The first kappa shape index (κ1) is 8.00. The highest BCUT2D eigenvalue weighted by Crippen LogP contribution is 2.15. The summed E-state index contributed by atoms with van der Waals surface area (Å²) >= 11 is 0. The maximum atomic E-state index is 5.61. The van der Waals surface area contributed by atoms with E-state index in [4.69, 9.17) is 16.0 Å². The number of aromatic nitrogens is 2. The Bertz CT molecular complexity index is 232. The molecule has 0 saturated heterocycles. The first-order chi connectivity index (χ1) is 5.11. The lowest BCUT2D eigenvalue weighted by Crippen LogP contribution is -2.22. The molecule has 0 aromatic carbocycles. The van der Waals surface area contributed by atoms with Gasteiger partial charge >= 0.3 is 0 Å². The van der Waals surface area contributed by atoms with Crippen molar-refractivity contribution in [3.05, 3.63) is 5.89 Å². The molecule has 0 aliphatic rings. The van der Waals surface area contributed by atoms with Crippen LogP contribution in [-0.2, 0) is 0 Å². The fraction of sp³-hybridized carbons (Fsp3) is 0.667. The van der Waals surface area contributed by atoms with E-state index in [1.54, 1.807) is 0 Å². The molecule has 0 fully saturated rings. The Kier molecular flexibility index (Phi) is 2.09. The van der Waals surface area contributed by atoms with Crippen LogP contribution in [0.3, 0.4) is 0 Å². The van der Waals surface area contributed by atoms with E-state index < -0.39 is 0 Å². The molecule has 2 atom stereocenters. The van der Waals surface area contributed by atoms with Gasteiger partial charge in [0.25, 0.3) is 5.95 Å². The van der Waals surface area contributed by atoms with Crippen LogP contribution in [0.5, 0.6) is 0 Å². The zero-order valence-electron chi connectivity index (χ0n) is 6.61. The van der Waals surface area contributed by atoms with Gasteiger partial charge in [0, 0.05) is 6.04 Å². The lowest BCUT2D eigenvalue weighted by molar-refractivity contribution is 0.347. The topological polar surface area (TPSA) is 91.0 Å². The third-order valence-electron chi connectivity index (χ3n) is 1.64. The minimum Gasteiger partial charge on any atom is -0.365 e. The predicted molar refractivity (Wildman–Crippen MR) is 40.8 cm³/mol. The monoisotopic (exact) mass is 156 g/mol. The van der Waals surface area contributed by atoms with Gasteiger partial charge in [-0.1, -0.05) is 6.92 Å². The molecule has 0 aliphatic heterocycles. The molecule has 0 spiro atoms. The summed E-state index contributed by atoms with van der Waals surface area (Å²) in [6.45, 7) is 3.79. The molecule has 1 aromatic heterocycles. The van der Waals surface area contributed by atoms with E-state index in [1.165, 1.54) is 0 Å². The van der Waals surface area contributed by atoms with Gasteiger partial charge in [-0.15, -0.1) is 0 Å². The number of hydrogen-bond donors (Lipinski definition) is 2. The molecule has 0 bridgehead atoms. The van der Waals surface area contributed by atoms with Crippen LogP contribution in [0, 0.1) is 0 Å². The summed E-state index contributed by atoms with van der Waals surface area (Å²) in [5, 5.41) is 3.46. The van der Waals surface area contributed by atoms with Crippen molar-refractivity contribution >= 4 is 5.95 Å². The van der Waals surface area contributed by atoms with Crippen molar-refractivity contribution in [3.8, 4) is 0 Å². The summed E-state index contributed by atoms with van der Waals surface area (Å²) in [7, 11) is 0. The van der Waals surface area contributed by atoms with Gasteiger partial charge in [-0.3, -0.25) is 0 Å². The van der Waals surface area contributed by atoms with E-state index >= 15 is 0 Å². The highest BCUT2D eigenvalue weighted by atomic mass is 16.5. The Morgan fingerprint density at radius 2 is 2.09 bits per heavy atom. The Morgan fingerprint density at radius 1 is 1.45 bits per heavy atom. The van der Waals surface area contributed by atoms with Crippen molar-refractivity contribution in [2.45, 2.75) is 25.8 Å². The fourth-order valence-corrected chi connectivity index (χ4v) is 0.657. The van der Waals surface area contributed by atoms with Crippen LogP contribution in [0.2, 0.25) is 0 Å². The van der Waals surface area contributed by atoms with Gasteiger partial charge in [0.1, 0.15) is 0 Å². The molecular weight excluding hydrogens is 144 g/mol. The van der Waals surface area contributed by atoms with Gasteiger partial charge in [-0.05, 0) is 12.1 Å². The van der Waals surface area contributed by atoms with Gasteiger partial charge in [-0.25, -0.2) is 0 Å². The highest BCUT2D eigenvalue weighted by Gasteiger charge is 2.16. The van der Waals surface area contributed by atoms with Crippen LogP contribution in [0.1, 0.15) is 25.7 Å². The van der Waals surface area contributed by atoms with Gasteiger partial charge in [0.2, 0.25) is 5.89 Å². The molecule has 11 heavy (non-hydrogen) atoms. The summed E-state index contributed by atoms with van der Waals surface area (Å²) in [6.07, 6.45) is 0. The normalized spacial score (nSPS) is 16.3. The average Bonchev–Trinajstić information content (AvgIpc) is 2.34. The summed E-state index contributed by atoms with van der Waals surface area (Å²) < 4.78 is 4.82. The zero-order valence-corrected chi connectivity index (χ0v) is 6.61. The van der Waals surface area contributed by atoms with Crippen molar-refractivity contribution in [3.63, 3.8) is 0 Å². The quantitative estimate of drug-likeness (QED) is 0.633. The fourth-order valence-electron chi connectivity index (χ4n) is 0.657. The standard InChI is InChI=1S/C6H12N4O/c1-3(4(2)7)5-9-6(8)10-11-5/h3-4H,7H2,1-2H3,(H2,8,10). The number of nitrogens with zero attached hydrogens (tertiary/aromatic N) is 2. The molecule has 0 amide bonds. The van der Waals surface area contributed by atoms with Crippen LogP contribution in [0.25, 0.3) is 0 Å². The number of rotatable bonds is 2. The van der Waals surface area contributed by atoms with Crippen molar-refractivity contribution in [2.75, 3.05) is 5.73 Å². The SMILES string of the molecule is CC(N)C(C)c1nc(N)no1. The zero-order chi connectivity index (χ0) is 8.43. The van der Waals surface area contributed by atoms with E-state index in [0.717, 1.165) is 0 Å². The van der Waals surface area contributed by atoms with Crippen LogP contribution < -0.4 is 11.5 Å². The van der Waals surface area contributed by atoms with Crippen LogP contribution in [0.4, 0.5) is 5.95 Å². The third kappa shape index (κ3) is 1.68. The van der Waals surface area contributed by atoms with Crippen LogP contribution >= 0.6 is 0 Å². The molecule has 2 unspecified atom stereocenters. The molecule has 0 saturated carbocycles. The van der Waals surface area contributed by atoms with Crippen molar-refractivity contribution in [1.29, 1.82) is 0 Å². The van der Waals surface area contributed by atoms with E-state index in [1.807, 2.05) is 13.8 Å². The molecule has 62 valence electrons. The summed E-state index contributed by atoms with van der Waals surface area (Å²) in [5.74, 6) is 0.713. The Hall–Kier alpha value is -1.10. The second-order valence-corrected chi connectivity index (χ2v) is 2.64. The molecular formula is C6H12N4O. The highest BCUT2D eigenvalue weighted by molar-refractivity contribution is 5.12. The molecule has 1 aromatic rings. The molecule has 5 heteroatoms.